The van der Waals surface area contributed by atoms with E-state index in [1.54, 1.807) is 6.08 Å². The largest absolute Gasteiger partial charge is 0.352 e. The Hall–Kier alpha value is -2.43. The second-order valence-corrected chi connectivity index (χ2v) is 7.16. The molecule has 0 unspecified atom stereocenters. The van der Waals surface area contributed by atoms with E-state index >= 15 is 0 Å². The fraction of sp³-hybridized carbons (Fsp3) is 0.476. The average molecular weight is 352 g/mol. The first-order valence-corrected chi connectivity index (χ1v) is 9.49. The summed E-state index contributed by atoms with van der Waals surface area (Å²) in [5.74, 6) is 2.00. The zero-order valence-corrected chi connectivity index (χ0v) is 16.0. The summed E-state index contributed by atoms with van der Waals surface area (Å²) in [6.45, 7) is 7.84. The molecule has 1 amide bonds. The smallest absolute Gasteiger partial charge is 0.244 e. The Balaban J connectivity index is 1.53. The van der Waals surface area contributed by atoms with Crippen LogP contribution in [-0.2, 0) is 24.2 Å². The van der Waals surface area contributed by atoms with Crippen molar-refractivity contribution >= 4 is 12.0 Å². The first-order chi connectivity index (χ1) is 12.5. The third kappa shape index (κ3) is 4.40. The molecule has 1 N–H and O–H groups in total. The molecule has 0 fully saturated rings. The summed E-state index contributed by atoms with van der Waals surface area (Å²) in [4.78, 5) is 12.1. The average Bonchev–Trinajstić information content (AvgIpc) is 2.84. The molecule has 0 atom stereocenters. The molecule has 0 spiro atoms. The zero-order chi connectivity index (χ0) is 18.5. The SMILES string of the molecule is Cc1cc(C)c(/C=C/C(=O)NCCc2nnc3n2CCCCC3)cc1C. The van der Waals surface area contributed by atoms with E-state index in [-0.39, 0.29) is 5.91 Å². The van der Waals surface area contributed by atoms with Gasteiger partial charge < -0.3 is 9.88 Å². The molecule has 0 aliphatic carbocycles. The number of amides is 1. The molecule has 0 bridgehead atoms. The maximum Gasteiger partial charge on any atom is 0.244 e. The van der Waals surface area contributed by atoms with Crippen molar-refractivity contribution in [3.8, 4) is 0 Å². The number of nitrogens with zero attached hydrogens (tertiary/aromatic N) is 3. The molecule has 1 aromatic carbocycles. The highest BCUT2D eigenvalue weighted by Crippen LogP contribution is 2.17. The molecule has 0 saturated carbocycles. The molecule has 3 rings (SSSR count). The van der Waals surface area contributed by atoms with E-state index in [1.165, 1.54) is 36.0 Å². The van der Waals surface area contributed by atoms with Crippen LogP contribution in [0.4, 0.5) is 0 Å². The molecule has 26 heavy (non-hydrogen) atoms. The number of hydrogen-bond acceptors (Lipinski definition) is 3. The second kappa shape index (κ2) is 8.30. The lowest BCUT2D eigenvalue weighted by Gasteiger charge is -2.07. The lowest BCUT2D eigenvalue weighted by atomic mass is 10.0. The lowest BCUT2D eigenvalue weighted by Crippen LogP contribution is -2.24. The van der Waals surface area contributed by atoms with Gasteiger partial charge in [-0.1, -0.05) is 18.6 Å². The third-order valence-electron chi connectivity index (χ3n) is 5.13. The van der Waals surface area contributed by atoms with E-state index in [9.17, 15) is 4.79 Å². The number of carbonyl (C=O) groups excluding carboxylic acids is 1. The van der Waals surface area contributed by atoms with Crippen LogP contribution >= 0.6 is 0 Å². The Morgan fingerprint density at radius 1 is 1.12 bits per heavy atom. The molecule has 138 valence electrons. The van der Waals surface area contributed by atoms with Crippen molar-refractivity contribution in [3.63, 3.8) is 0 Å². The van der Waals surface area contributed by atoms with Crippen LogP contribution in [0.1, 0.15) is 53.2 Å². The molecule has 1 aliphatic heterocycles. The van der Waals surface area contributed by atoms with Crippen LogP contribution in [-0.4, -0.2) is 27.2 Å². The minimum atomic E-state index is -0.0711. The maximum absolute atomic E-state index is 12.1. The molecule has 5 nitrogen and oxygen atoms in total. The maximum atomic E-state index is 12.1. The van der Waals surface area contributed by atoms with Crippen LogP contribution in [0.3, 0.4) is 0 Å². The lowest BCUT2D eigenvalue weighted by molar-refractivity contribution is -0.116. The molecular weight excluding hydrogens is 324 g/mol. The van der Waals surface area contributed by atoms with E-state index in [4.69, 9.17) is 0 Å². The van der Waals surface area contributed by atoms with Gasteiger partial charge in [0, 0.05) is 32.0 Å². The van der Waals surface area contributed by atoms with Crippen molar-refractivity contribution in [2.45, 2.75) is 59.4 Å². The predicted octanol–water partition coefficient (Wildman–Crippen LogP) is 3.30. The summed E-state index contributed by atoms with van der Waals surface area (Å²) in [6, 6.07) is 4.28. The molecular formula is C21H28N4O. The van der Waals surface area contributed by atoms with Gasteiger partial charge in [-0.05, 0) is 61.9 Å². The minimum Gasteiger partial charge on any atom is -0.352 e. The monoisotopic (exact) mass is 352 g/mol. The van der Waals surface area contributed by atoms with Crippen molar-refractivity contribution in [3.05, 3.63) is 52.1 Å². The van der Waals surface area contributed by atoms with Gasteiger partial charge in [0.1, 0.15) is 11.6 Å². The van der Waals surface area contributed by atoms with Gasteiger partial charge >= 0.3 is 0 Å². The van der Waals surface area contributed by atoms with Crippen molar-refractivity contribution in [1.82, 2.24) is 20.1 Å². The number of rotatable bonds is 5. The Bertz CT molecular complexity index is 820. The molecule has 1 aromatic heterocycles. The summed E-state index contributed by atoms with van der Waals surface area (Å²) in [7, 11) is 0. The number of benzene rings is 1. The van der Waals surface area contributed by atoms with Crippen molar-refractivity contribution < 1.29 is 4.79 Å². The molecule has 0 saturated heterocycles. The van der Waals surface area contributed by atoms with Crippen LogP contribution in [0, 0.1) is 20.8 Å². The van der Waals surface area contributed by atoms with Gasteiger partial charge in [-0.3, -0.25) is 4.79 Å². The standard InChI is InChI=1S/C21H28N4O/c1-15-13-17(3)18(14-16(15)2)8-9-21(26)22-11-10-20-24-23-19-7-5-4-6-12-25(19)20/h8-9,13-14H,4-7,10-12H2,1-3H3,(H,22,26)/b9-8+. The number of aromatic nitrogens is 3. The highest BCUT2D eigenvalue weighted by molar-refractivity contribution is 5.91. The molecule has 0 radical (unpaired) electrons. The number of aryl methyl sites for hydroxylation is 4. The van der Waals surface area contributed by atoms with Crippen molar-refractivity contribution in [2.24, 2.45) is 0 Å². The predicted molar refractivity (Wildman–Crippen MR) is 104 cm³/mol. The Kier molecular flexibility index (Phi) is 5.86. The summed E-state index contributed by atoms with van der Waals surface area (Å²) in [5.41, 5.74) is 4.79. The summed E-state index contributed by atoms with van der Waals surface area (Å²) < 4.78 is 2.23. The zero-order valence-electron chi connectivity index (χ0n) is 16.0. The van der Waals surface area contributed by atoms with Gasteiger partial charge in [-0.15, -0.1) is 10.2 Å². The van der Waals surface area contributed by atoms with E-state index in [0.29, 0.717) is 6.54 Å². The van der Waals surface area contributed by atoms with Crippen LogP contribution in [0.15, 0.2) is 18.2 Å². The van der Waals surface area contributed by atoms with Crippen LogP contribution in [0.2, 0.25) is 0 Å². The first kappa shape index (κ1) is 18.4. The van der Waals surface area contributed by atoms with E-state index in [1.807, 2.05) is 6.08 Å². The normalized spacial score (nSPS) is 14.3. The number of fused-ring (bicyclic) bond motifs is 1. The fourth-order valence-electron chi connectivity index (χ4n) is 3.41. The van der Waals surface area contributed by atoms with E-state index in [2.05, 4.69) is 53.0 Å². The van der Waals surface area contributed by atoms with Gasteiger partial charge in [-0.2, -0.15) is 0 Å². The molecule has 2 heterocycles. The van der Waals surface area contributed by atoms with Gasteiger partial charge in [0.25, 0.3) is 0 Å². The second-order valence-electron chi connectivity index (χ2n) is 7.16. The molecule has 2 aromatic rings. The Labute approximate surface area is 155 Å². The summed E-state index contributed by atoms with van der Waals surface area (Å²) in [5, 5.41) is 11.6. The minimum absolute atomic E-state index is 0.0711. The Morgan fingerprint density at radius 2 is 1.92 bits per heavy atom. The fourth-order valence-corrected chi connectivity index (χ4v) is 3.41. The van der Waals surface area contributed by atoms with Crippen LogP contribution < -0.4 is 5.32 Å². The third-order valence-corrected chi connectivity index (χ3v) is 5.13. The van der Waals surface area contributed by atoms with E-state index in [0.717, 1.165) is 36.6 Å². The summed E-state index contributed by atoms with van der Waals surface area (Å²) in [6.07, 6.45) is 8.86. The van der Waals surface area contributed by atoms with Gasteiger partial charge in [0.2, 0.25) is 5.91 Å². The van der Waals surface area contributed by atoms with Crippen molar-refractivity contribution in [1.29, 1.82) is 0 Å². The van der Waals surface area contributed by atoms with Gasteiger partial charge in [-0.25, -0.2) is 0 Å². The highest BCUT2D eigenvalue weighted by Gasteiger charge is 2.14. The quantitative estimate of drug-likeness (QED) is 0.840. The van der Waals surface area contributed by atoms with Gasteiger partial charge in [0.05, 0.1) is 0 Å². The van der Waals surface area contributed by atoms with Crippen LogP contribution in [0.5, 0.6) is 0 Å². The molecule has 5 heteroatoms. The molecule has 1 aliphatic rings. The first-order valence-electron chi connectivity index (χ1n) is 9.49. The van der Waals surface area contributed by atoms with Crippen molar-refractivity contribution in [2.75, 3.05) is 6.54 Å². The number of hydrogen-bond donors (Lipinski definition) is 1. The van der Waals surface area contributed by atoms with E-state index < -0.39 is 0 Å². The van der Waals surface area contributed by atoms with Crippen LogP contribution in [0.25, 0.3) is 6.08 Å². The van der Waals surface area contributed by atoms with Gasteiger partial charge in [0.15, 0.2) is 0 Å². The number of nitrogens with one attached hydrogen (secondary N) is 1. The number of carbonyl (C=O) groups is 1. The topological polar surface area (TPSA) is 59.8 Å². The summed E-state index contributed by atoms with van der Waals surface area (Å²) >= 11 is 0. The highest BCUT2D eigenvalue weighted by atomic mass is 16.1. The Morgan fingerprint density at radius 3 is 2.77 bits per heavy atom.